The van der Waals surface area contributed by atoms with Gasteiger partial charge in [0.05, 0.1) is 21.5 Å². The maximum absolute atomic E-state index is 13.0. The highest BCUT2D eigenvalue weighted by atomic mass is 32.2. The third-order valence-electron chi connectivity index (χ3n) is 5.86. The van der Waals surface area contributed by atoms with Gasteiger partial charge in [-0.1, -0.05) is 0 Å². The Hall–Kier alpha value is -1.64. The molecule has 0 radical (unpaired) electrons. The van der Waals surface area contributed by atoms with Crippen molar-refractivity contribution < 1.29 is 13.5 Å². The molecule has 0 spiro atoms. The topological polar surface area (TPSA) is 84.5 Å². The van der Waals surface area contributed by atoms with E-state index in [9.17, 15) is 18.3 Å². The molecule has 4 rings (SSSR count). The Kier molecular flexibility index (Phi) is 3.65. The van der Waals surface area contributed by atoms with Crippen LogP contribution in [0, 0.1) is 5.92 Å². The van der Waals surface area contributed by atoms with Crippen molar-refractivity contribution in [2.75, 3.05) is 13.1 Å². The smallest absolute Gasteiger partial charge is 0.328 e. The zero-order valence-corrected chi connectivity index (χ0v) is 15.3. The summed E-state index contributed by atoms with van der Waals surface area (Å²) in [6.07, 6.45) is 3.07. The van der Waals surface area contributed by atoms with Crippen molar-refractivity contribution in [3.63, 3.8) is 0 Å². The fraction of sp³-hybridized carbons (Fsp3) is 0.588. The Bertz CT molecular complexity index is 993. The Morgan fingerprint density at radius 3 is 2.28 bits per heavy atom. The number of hydrogen-bond acceptors (Lipinski definition) is 4. The molecule has 0 atom stereocenters. The maximum Gasteiger partial charge on any atom is 0.328 e. The average molecular weight is 365 g/mol. The van der Waals surface area contributed by atoms with Crippen LogP contribution in [-0.2, 0) is 24.1 Å². The van der Waals surface area contributed by atoms with E-state index in [1.165, 1.54) is 13.4 Å². The summed E-state index contributed by atoms with van der Waals surface area (Å²) in [7, 11) is -0.281. The molecule has 7 nitrogen and oxygen atoms in total. The fourth-order valence-corrected chi connectivity index (χ4v) is 5.46. The highest BCUT2D eigenvalue weighted by Crippen LogP contribution is 2.46. The van der Waals surface area contributed by atoms with Gasteiger partial charge < -0.3 is 5.11 Å². The Labute approximate surface area is 146 Å². The molecule has 1 aromatic heterocycles. The monoisotopic (exact) mass is 365 g/mol. The van der Waals surface area contributed by atoms with Crippen LogP contribution in [0.2, 0.25) is 0 Å². The highest BCUT2D eigenvalue weighted by Gasteiger charge is 2.48. The molecule has 1 aliphatic heterocycles. The molecular weight excluding hydrogens is 342 g/mol. The summed E-state index contributed by atoms with van der Waals surface area (Å²) < 4.78 is 30.4. The number of piperidine rings is 1. The van der Waals surface area contributed by atoms with E-state index >= 15 is 0 Å². The molecule has 1 aliphatic carbocycles. The van der Waals surface area contributed by atoms with Crippen LogP contribution >= 0.6 is 0 Å². The summed E-state index contributed by atoms with van der Waals surface area (Å²) in [6.45, 7) is 0.863. The van der Waals surface area contributed by atoms with Crippen LogP contribution in [0.1, 0.15) is 25.7 Å². The van der Waals surface area contributed by atoms with E-state index in [1.807, 2.05) is 0 Å². The summed E-state index contributed by atoms with van der Waals surface area (Å²) in [5.74, 6) is 0.205. The molecule has 2 aromatic rings. The predicted molar refractivity (Wildman–Crippen MR) is 93.8 cm³/mol. The SMILES string of the molecule is Cn1c(=O)n(C)c2cc(S(=O)(=O)N3CCC(C4(O)CC4)CC3)ccc21. The van der Waals surface area contributed by atoms with Gasteiger partial charge in [-0.15, -0.1) is 0 Å². The first kappa shape index (κ1) is 16.8. The lowest BCUT2D eigenvalue weighted by Crippen LogP contribution is -2.41. The van der Waals surface area contributed by atoms with Crippen LogP contribution < -0.4 is 5.69 Å². The number of nitrogens with zero attached hydrogens (tertiary/aromatic N) is 3. The Morgan fingerprint density at radius 2 is 1.68 bits per heavy atom. The second kappa shape index (κ2) is 5.43. The van der Waals surface area contributed by atoms with E-state index in [0.29, 0.717) is 37.0 Å². The standard InChI is InChI=1S/C17H23N3O4S/c1-18-14-4-3-13(11-15(14)19(2)16(18)21)25(23,24)20-9-5-12(6-10-20)17(22)7-8-17/h3-4,11-12,22H,5-10H2,1-2H3. The summed E-state index contributed by atoms with van der Waals surface area (Å²) in [6, 6.07) is 4.83. The van der Waals surface area contributed by atoms with Crippen molar-refractivity contribution in [2.24, 2.45) is 20.0 Å². The lowest BCUT2D eigenvalue weighted by molar-refractivity contribution is 0.0534. The van der Waals surface area contributed by atoms with Gasteiger partial charge in [0.1, 0.15) is 0 Å². The van der Waals surface area contributed by atoms with Crippen LogP contribution in [0.15, 0.2) is 27.9 Å². The number of aryl methyl sites for hydroxylation is 2. The normalized spacial score (nSPS) is 21.7. The predicted octanol–water partition coefficient (Wildman–Crippen LogP) is 0.803. The van der Waals surface area contributed by atoms with Gasteiger partial charge in [-0.05, 0) is 49.8 Å². The van der Waals surface area contributed by atoms with Gasteiger partial charge in [-0.2, -0.15) is 4.31 Å². The molecule has 1 saturated carbocycles. The minimum atomic E-state index is -3.60. The van der Waals surface area contributed by atoms with E-state index in [-0.39, 0.29) is 16.5 Å². The van der Waals surface area contributed by atoms with Gasteiger partial charge in [0.25, 0.3) is 0 Å². The number of fused-ring (bicyclic) bond motifs is 1. The molecular formula is C17H23N3O4S. The first-order valence-electron chi connectivity index (χ1n) is 8.62. The lowest BCUT2D eigenvalue weighted by Gasteiger charge is -2.33. The molecule has 2 heterocycles. The molecule has 0 bridgehead atoms. The summed E-state index contributed by atoms with van der Waals surface area (Å²) in [5.41, 5.74) is 0.594. The molecule has 25 heavy (non-hydrogen) atoms. The van der Waals surface area contributed by atoms with Crippen LogP contribution in [0.25, 0.3) is 11.0 Å². The van der Waals surface area contributed by atoms with Crippen molar-refractivity contribution in [2.45, 2.75) is 36.2 Å². The number of sulfonamides is 1. The number of rotatable bonds is 3. The van der Waals surface area contributed by atoms with Crippen LogP contribution in [-0.4, -0.2) is 45.7 Å². The van der Waals surface area contributed by atoms with Crippen molar-refractivity contribution in [1.82, 2.24) is 13.4 Å². The van der Waals surface area contributed by atoms with Gasteiger partial charge in [0.2, 0.25) is 10.0 Å². The molecule has 2 fully saturated rings. The van der Waals surface area contributed by atoms with Gasteiger partial charge >= 0.3 is 5.69 Å². The highest BCUT2D eigenvalue weighted by molar-refractivity contribution is 7.89. The van der Waals surface area contributed by atoms with E-state index in [2.05, 4.69) is 0 Å². The molecule has 0 amide bonds. The summed E-state index contributed by atoms with van der Waals surface area (Å²) >= 11 is 0. The zero-order chi connectivity index (χ0) is 18.0. The zero-order valence-electron chi connectivity index (χ0n) is 14.5. The van der Waals surface area contributed by atoms with Gasteiger partial charge in [0, 0.05) is 27.2 Å². The number of hydrogen-bond donors (Lipinski definition) is 1. The first-order chi connectivity index (χ1) is 11.7. The molecule has 8 heteroatoms. The maximum atomic E-state index is 13.0. The second-order valence-corrected chi connectivity index (χ2v) is 9.27. The van der Waals surface area contributed by atoms with Gasteiger partial charge in [-0.3, -0.25) is 9.13 Å². The van der Waals surface area contributed by atoms with Gasteiger partial charge in [0.15, 0.2) is 0 Å². The summed E-state index contributed by atoms with van der Waals surface area (Å²) in [4.78, 5) is 12.2. The molecule has 2 aliphatic rings. The third-order valence-corrected chi connectivity index (χ3v) is 7.75. The molecule has 1 aromatic carbocycles. The quantitative estimate of drug-likeness (QED) is 0.872. The number of benzene rings is 1. The van der Waals surface area contributed by atoms with Crippen molar-refractivity contribution in [1.29, 1.82) is 0 Å². The Balaban J connectivity index is 1.63. The molecule has 1 saturated heterocycles. The van der Waals surface area contributed by atoms with Crippen LogP contribution in [0.5, 0.6) is 0 Å². The van der Waals surface area contributed by atoms with Crippen molar-refractivity contribution in [3.05, 3.63) is 28.7 Å². The second-order valence-electron chi connectivity index (χ2n) is 7.33. The van der Waals surface area contributed by atoms with Gasteiger partial charge in [-0.25, -0.2) is 13.2 Å². The summed E-state index contributed by atoms with van der Waals surface area (Å²) in [5, 5.41) is 10.2. The molecule has 136 valence electrons. The average Bonchev–Trinajstić information content (AvgIpc) is 3.33. The number of aliphatic hydroxyl groups is 1. The Morgan fingerprint density at radius 1 is 1.08 bits per heavy atom. The van der Waals surface area contributed by atoms with E-state index in [1.54, 1.807) is 32.3 Å². The fourth-order valence-electron chi connectivity index (χ4n) is 3.97. The van der Waals surface area contributed by atoms with E-state index in [0.717, 1.165) is 12.8 Å². The van der Waals surface area contributed by atoms with E-state index < -0.39 is 15.6 Å². The van der Waals surface area contributed by atoms with Crippen LogP contribution in [0.4, 0.5) is 0 Å². The van der Waals surface area contributed by atoms with Crippen LogP contribution in [0.3, 0.4) is 0 Å². The number of aromatic nitrogens is 2. The largest absolute Gasteiger partial charge is 0.390 e. The number of imidazole rings is 1. The first-order valence-corrected chi connectivity index (χ1v) is 10.1. The minimum Gasteiger partial charge on any atom is -0.390 e. The van der Waals surface area contributed by atoms with Crippen molar-refractivity contribution in [3.8, 4) is 0 Å². The van der Waals surface area contributed by atoms with Crippen molar-refractivity contribution >= 4 is 21.1 Å². The van der Waals surface area contributed by atoms with E-state index in [4.69, 9.17) is 0 Å². The minimum absolute atomic E-state index is 0.178. The molecule has 0 unspecified atom stereocenters. The third kappa shape index (κ3) is 2.54. The molecule has 1 N–H and O–H groups in total. The lowest BCUT2D eigenvalue weighted by atomic mass is 9.90.